The number of anilines is 1. The summed E-state index contributed by atoms with van der Waals surface area (Å²) in [5.41, 5.74) is 5.02. The Bertz CT molecular complexity index is 1840. The summed E-state index contributed by atoms with van der Waals surface area (Å²) in [7, 11) is -4.03. The zero-order chi connectivity index (χ0) is 27.6. The summed E-state index contributed by atoms with van der Waals surface area (Å²) in [4.78, 5) is 8.39. The third kappa shape index (κ3) is 5.19. The van der Waals surface area contributed by atoms with Crippen LogP contribution in [0.2, 0.25) is 0 Å². The Kier molecular flexibility index (Phi) is 7.05. The lowest BCUT2D eigenvalue weighted by Crippen LogP contribution is -2.14. The summed E-state index contributed by atoms with van der Waals surface area (Å²) >= 11 is 0. The van der Waals surface area contributed by atoms with Gasteiger partial charge in [-0.15, -0.1) is 0 Å². The molecule has 0 saturated carbocycles. The predicted octanol–water partition coefficient (Wildman–Crippen LogP) is 7.00. The van der Waals surface area contributed by atoms with E-state index in [1.165, 1.54) is 6.07 Å². The lowest BCUT2D eigenvalue weighted by atomic mass is 10.0. The number of nitrogens with one attached hydrogen (secondary N) is 1. The number of hydrogen-bond acceptors (Lipinski definition) is 6. The third-order valence-corrected chi connectivity index (χ3v) is 7.91. The van der Waals surface area contributed by atoms with E-state index in [1.54, 1.807) is 44.2 Å². The smallest absolute Gasteiger partial charge is 0.264 e. The van der Waals surface area contributed by atoms with Gasteiger partial charge in [0.1, 0.15) is 12.4 Å². The molecule has 0 atom stereocenters. The van der Waals surface area contributed by atoms with Gasteiger partial charge in [-0.2, -0.15) is 0 Å². The van der Waals surface area contributed by atoms with Gasteiger partial charge in [-0.1, -0.05) is 54.5 Å². The molecule has 196 valence electrons. The van der Waals surface area contributed by atoms with Crippen LogP contribution >= 0.6 is 0 Å². The van der Waals surface area contributed by atoms with E-state index in [-0.39, 0.29) is 17.4 Å². The Labute approximate surface area is 227 Å². The number of sulfonamides is 1. The van der Waals surface area contributed by atoms with E-state index >= 15 is 0 Å². The summed E-state index contributed by atoms with van der Waals surface area (Å²) in [6, 6.07) is 21.6. The summed E-state index contributed by atoms with van der Waals surface area (Å²) in [5, 5.41) is 4.74. The molecule has 0 aliphatic carbocycles. The van der Waals surface area contributed by atoms with Crippen LogP contribution in [0.3, 0.4) is 0 Å². The highest BCUT2D eigenvalue weighted by Crippen LogP contribution is 2.37. The number of aromatic nitrogens is 2. The molecule has 0 spiro atoms. The summed E-state index contributed by atoms with van der Waals surface area (Å²) in [6.45, 7) is 13.6. The van der Waals surface area contributed by atoms with Crippen LogP contribution in [0.15, 0.2) is 82.2 Å². The van der Waals surface area contributed by atoms with Gasteiger partial charge < -0.3 is 9.26 Å². The second kappa shape index (κ2) is 10.6. The fraction of sp³-hybridized carbons (Fsp3) is 0.167. The van der Waals surface area contributed by atoms with Gasteiger partial charge in [0.05, 0.1) is 22.7 Å². The zero-order valence-corrected chi connectivity index (χ0v) is 22.5. The van der Waals surface area contributed by atoms with E-state index in [9.17, 15) is 8.42 Å². The molecular weight excluding hydrogens is 512 g/mol. The van der Waals surface area contributed by atoms with Gasteiger partial charge in [-0.3, -0.25) is 4.98 Å². The Morgan fingerprint density at radius 1 is 1.00 bits per heavy atom. The highest BCUT2D eigenvalue weighted by molar-refractivity contribution is 7.92. The highest BCUT2D eigenvalue weighted by atomic mass is 32.2. The van der Waals surface area contributed by atoms with Gasteiger partial charge in [-0.25, -0.2) is 18.0 Å². The molecule has 0 bridgehead atoms. The standard InChI is InChI=1S/C30H26N4O4S/c1-5-22-17-28(25-11-6-8-12-26(25)32-22)37-18-21-14-15-23(27(16-21)31-4)24-10-7-9-13-29(24)39(35,36)34-30-19(2)20(3)33-38-30/h6-17,34H,5,18H2,1-3H3. The van der Waals surface area contributed by atoms with Crippen LogP contribution in [0.25, 0.3) is 26.9 Å². The molecule has 2 heterocycles. The lowest BCUT2D eigenvalue weighted by molar-refractivity contribution is 0.309. The monoisotopic (exact) mass is 538 g/mol. The lowest BCUT2D eigenvalue weighted by Gasteiger charge is -2.14. The molecule has 3 aromatic carbocycles. The van der Waals surface area contributed by atoms with Crippen molar-refractivity contribution in [1.29, 1.82) is 0 Å². The molecular formula is C30H26N4O4S. The number of para-hydroxylation sites is 1. The van der Waals surface area contributed by atoms with Crippen LogP contribution in [0, 0.1) is 20.4 Å². The first-order valence-corrected chi connectivity index (χ1v) is 13.9. The molecule has 0 saturated heterocycles. The molecule has 39 heavy (non-hydrogen) atoms. The van der Waals surface area contributed by atoms with Crippen molar-refractivity contribution in [2.75, 3.05) is 4.72 Å². The molecule has 0 amide bonds. The molecule has 0 aliphatic heterocycles. The molecule has 0 unspecified atom stereocenters. The first-order valence-electron chi connectivity index (χ1n) is 12.4. The van der Waals surface area contributed by atoms with Crippen molar-refractivity contribution < 1.29 is 17.7 Å². The minimum Gasteiger partial charge on any atom is -0.488 e. The van der Waals surface area contributed by atoms with Gasteiger partial charge in [0, 0.05) is 22.7 Å². The normalized spacial score (nSPS) is 11.3. The van der Waals surface area contributed by atoms with Gasteiger partial charge in [-0.05, 0) is 61.2 Å². The second-order valence-corrected chi connectivity index (χ2v) is 10.7. The van der Waals surface area contributed by atoms with Gasteiger partial charge in [0.25, 0.3) is 10.0 Å². The Balaban J connectivity index is 1.46. The van der Waals surface area contributed by atoms with Crippen molar-refractivity contribution in [3.63, 3.8) is 0 Å². The highest BCUT2D eigenvalue weighted by Gasteiger charge is 2.23. The van der Waals surface area contributed by atoms with Crippen LogP contribution in [0.1, 0.15) is 29.4 Å². The van der Waals surface area contributed by atoms with Crippen molar-refractivity contribution in [2.24, 2.45) is 0 Å². The number of hydrogen-bond donors (Lipinski definition) is 1. The van der Waals surface area contributed by atoms with Crippen LogP contribution in [-0.2, 0) is 23.1 Å². The topological polar surface area (TPSA) is 98.7 Å². The fourth-order valence-corrected chi connectivity index (χ4v) is 5.53. The SMILES string of the molecule is [C-]#[N+]c1cc(COc2cc(CC)nc3ccccc23)ccc1-c1ccccc1S(=O)(=O)Nc1onc(C)c1C. The van der Waals surface area contributed by atoms with Crippen molar-refractivity contribution in [3.05, 3.63) is 107 Å². The average Bonchev–Trinajstić information content (AvgIpc) is 3.27. The van der Waals surface area contributed by atoms with Crippen LogP contribution in [0.5, 0.6) is 5.75 Å². The van der Waals surface area contributed by atoms with Crippen molar-refractivity contribution in [2.45, 2.75) is 38.7 Å². The van der Waals surface area contributed by atoms with E-state index in [4.69, 9.17) is 15.8 Å². The van der Waals surface area contributed by atoms with E-state index < -0.39 is 10.0 Å². The maximum atomic E-state index is 13.3. The quantitative estimate of drug-likeness (QED) is 0.214. The first kappa shape index (κ1) is 25.9. The number of nitrogens with zero attached hydrogens (tertiary/aromatic N) is 3. The summed E-state index contributed by atoms with van der Waals surface area (Å²) in [6.07, 6.45) is 0.782. The molecule has 8 nitrogen and oxygen atoms in total. The maximum absolute atomic E-state index is 13.3. The fourth-order valence-electron chi connectivity index (χ4n) is 4.26. The number of aryl methyl sites for hydroxylation is 2. The summed E-state index contributed by atoms with van der Waals surface area (Å²) in [5.74, 6) is 0.793. The van der Waals surface area contributed by atoms with E-state index in [1.807, 2.05) is 43.3 Å². The Morgan fingerprint density at radius 3 is 2.51 bits per heavy atom. The van der Waals surface area contributed by atoms with Gasteiger partial charge in [0.15, 0.2) is 5.69 Å². The van der Waals surface area contributed by atoms with E-state index in [0.717, 1.165) is 34.3 Å². The minimum absolute atomic E-state index is 0.0303. The van der Waals surface area contributed by atoms with Crippen LogP contribution in [0.4, 0.5) is 11.6 Å². The number of pyridine rings is 1. The Morgan fingerprint density at radius 2 is 1.77 bits per heavy atom. The number of ether oxygens (including phenoxy) is 1. The molecule has 1 N–H and O–H groups in total. The number of fused-ring (bicyclic) bond motifs is 1. The average molecular weight is 539 g/mol. The van der Waals surface area contributed by atoms with Gasteiger partial charge >= 0.3 is 0 Å². The van der Waals surface area contributed by atoms with Crippen molar-refractivity contribution >= 4 is 32.5 Å². The largest absolute Gasteiger partial charge is 0.488 e. The number of rotatable bonds is 8. The molecule has 0 aliphatic rings. The predicted molar refractivity (Wildman–Crippen MR) is 150 cm³/mol. The number of benzene rings is 3. The van der Waals surface area contributed by atoms with Crippen molar-refractivity contribution in [1.82, 2.24) is 10.1 Å². The van der Waals surface area contributed by atoms with Crippen molar-refractivity contribution in [3.8, 4) is 16.9 Å². The first-order chi connectivity index (χ1) is 18.8. The molecule has 5 aromatic rings. The van der Waals surface area contributed by atoms with Crippen LogP contribution in [-0.4, -0.2) is 18.6 Å². The van der Waals surface area contributed by atoms with E-state index in [2.05, 4.69) is 19.7 Å². The van der Waals surface area contributed by atoms with Gasteiger partial charge in [0.2, 0.25) is 5.88 Å². The minimum atomic E-state index is -4.03. The molecule has 9 heteroatoms. The van der Waals surface area contributed by atoms with Crippen LogP contribution < -0.4 is 9.46 Å². The van der Waals surface area contributed by atoms with E-state index in [0.29, 0.717) is 28.1 Å². The molecule has 5 rings (SSSR count). The Hall–Kier alpha value is -4.68. The maximum Gasteiger partial charge on any atom is 0.264 e. The zero-order valence-electron chi connectivity index (χ0n) is 21.7. The molecule has 2 aromatic heterocycles. The molecule has 0 radical (unpaired) electrons. The third-order valence-electron chi connectivity index (χ3n) is 6.52. The summed E-state index contributed by atoms with van der Waals surface area (Å²) < 4.78 is 40.5. The molecule has 0 fully saturated rings. The second-order valence-electron chi connectivity index (χ2n) is 9.06.